The number of hydrogen-bond acceptors (Lipinski definition) is 5. The first kappa shape index (κ1) is 19.4. The van der Waals surface area contributed by atoms with Gasteiger partial charge in [0.15, 0.2) is 5.13 Å². The standard InChI is InChI=1S/C22H23N3O3S/c1-14-11-20(15(2)24(14)19-9-10-19)21(27)28-12-17-13-29-22(23-17)25(16(3)26)18-7-5-4-6-8-18/h4-8,11,13,19H,9-10,12H2,1-3H3. The molecule has 2 heterocycles. The van der Waals surface area contributed by atoms with E-state index in [4.69, 9.17) is 4.74 Å². The van der Waals surface area contributed by atoms with E-state index in [2.05, 4.69) is 9.55 Å². The first-order valence-corrected chi connectivity index (χ1v) is 10.5. The van der Waals surface area contributed by atoms with Crippen molar-refractivity contribution in [1.29, 1.82) is 0 Å². The van der Waals surface area contributed by atoms with Gasteiger partial charge >= 0.3 is 5.97 Å². The number of rotatable bonds is 6. The molecule has 150 valence electrons. The van der Waals surface area contributed by atoms with Gasteiger partial charge in [-0.25, -0.2) is 9.78 Å². The number of ether oxygens (including phenoxy) is 1. The van der Waals surface area contributed by atoms with Gasteiger partial charge in [-0.15, -0.1) is 11.3 Å². The monoisotopic (exact) mass is 409 g/mol. The molecule has 1 saturated carbocycles. The largest absolute Gasteiger partial charge is 0.455 e. The summed E-state index contributed by atoms with van der Waals surface area (Å²) in [5.74, 6) is -0.465. The number of carbonyl (C=O) groups is 2. The highest BCUT2D eigenvalue weighted by Crippen LogP contribution is 2.38. The summed E-state index contributed by atoms with van der Waals surface area (Å²) in [5.41, 5.74) is 4.04. The Morgan fingerprint density at radius 1 is 1.24 bits per heavy atom. The first-order valence-electron chi connectivity index (χ1n) is 9.61. The number of amides is 1. The molecule has 3 aromatic rings. The molecule has 29 heavy (non-hydrogen) atoms. The molecule has 7 heteroatoms. The Morgan fingerprint density at radius 2 is 1.97 bits per heavy atom. The molecule has 1 aliphatic carbocycles. The van der Waals surface area contributed by atoms with E-state index in [0.29, 0.717) is 22.4 Å². The van der Waals surface area contributed by atoms with Crippen LogP contribution in [0.3, 0.4) is 0 Å². The Morgan fingerprint density at radius 3 is 2.62 bits per heavy atom. The molecular formula is C22H23N3O3S. The van der Waals surface area contributed by atoms with Gasteiger partial charge in [0.1, 0.15) is 6.61 Å². The van der Waals surface area contributed by atoms with Crippen LogP contribution >= 0.6 is 11.3 Å². The van der Waals surface area contributed by atoms with Crippen LogP contribution in [0, 0.1) is 13.8 Å². The Balaban J connectivity index is 1.46. The fourth-order valence-electron chi connectivity index (χ4n) is 3.56. The van der Waals surface area contributed by atoms with Gasteiger partial charge in [-0.2, -0.15) is 0 Å². The van der Waals surface area contributed by atoms with Crippen LogP contribution in [0.2, 0.25) is 0 Å². The highest BCUT2D eigenvalue weighted by atomic mass is 32.1. The minimum absolute atomic E-state index is 0.0724. The molecule has 0 radical (unpaired) electrons. The third kappa shape index (κ3) is 3.96. The van der Waals surface area contributed by atoms with Gasteiger partial charge in [-0.05, 0) is 44.9 Å². The highest BCUT2D eigenvalue weighted by Gasteiger charge is 2.29. The zero-order valence-corrected chi connectivity index (χ0v) is 17.5. The lowest BCUT2D eigenvalue weighted by Crippen LogP contribution is -2.22. The maximum Gasteiger partial charge on any atom is 0.340 e. The molecule has 0 unspecified atom stereocenters. The Bertz CT molecular complexity index is 1050. The molecule has 1 amide bonds. The van der Waals surface area contributed by atoms with Crippen LogP contribution in [0.5, 0.6) is 0 Å². The van der Waals surface area contributed by atoms with Gasteiger partial charge in [-0.1, -0.05) is 18.2 Å². The minimum Gasteiger partial charge on any atom is -0.455 e. The average molecular weight is 410 g/mol. The predicted molar refractivity (Wildman–Crippen MR) is 113 cm³/mol. The average Bonchev–Trinajstić information content (AvgIpc) is 3.34. The molecule has 0 bridgehead atoms. The van der Waals surface area contributed by atoms with E-state index >= 15 is 0 Å². The fourth-order valence-corrected chi connectivity index (χ4v) is 4.44. The van der Waals surface area contributed by atoms with Crippen molar-refractivity contribution in [2.45, 2.75) is 46.3 Å². The number of thiazole rings is 1. The number of esters is 1. The number of aryl methyl sites for hydroxylation is 1. The van der Waals surface area contributed by atoms with Gasteiger partial charge in [0, 0.05) is 29.7 Å². The lowest BCUT2D eigenvalue weighted by molar-refractivity contribution is -0.115. The van der Waals surface area contributed by atoms with Gasteiger partial charge in [0.25, 0.3) is 0 Å². The fraction of sp³-hybridized carbons (Fsp3) is 0.318. The van der Waals surface area contributed by atoms with Crippen LogP contribution in [-0.2, 0) is 16.1 Å². The van der Waals surface area contributed by atoms with Gasteiger partial charge in [0.05, 0.1) is 16.9 Å². The van der Waals surface area contributed by atoms with E-state index in [9.17, 15) is 9.59 Å². The quantitative estimate of drug-likeness (QED) is 0.541. The number of nitrogens with zero attached hydrogens (tertiary/aromatic N) is 3. The second kappa shape index (κ2) is 7.83. The van der Waals surface area contributed by atoms with Crippen LogP contribution in [0.4, 0.5) is 10.8 Å². The lowest BCUT2D eigenvalue weighted by Gasteiger charge is -2.17. The third-order valence-electron chi connectivity index (χ3n) is 5.03. The van der Waals surface area contributed by atoms with E-state index in [-0.39, 0.29) is 18.5 Å². The van der Waals surface area contributed by atoms with E-state index in [0.717, 1.165) is 17.1 Å². The lowest BCUT2D eigenvalue weighted by atomic mass is 10.2. The van der Waals surface area contributed by atoms with Crippen LogP contribution in [0.1, 0.15) is 53.2 Å². The zero-order valence-electron chi connectivity index (χ0n) is 16.7. The van der Waals surface area contributed by atoms with Crippen LogP contribution in [0.15, 0.2) is 41.8 Å². The van der Waals surface area contributed by atoms with Crippen LogP contribution in [0.25, 0.3) is 0 Å². The zero-order chi connectivity index (χ0) is 20.5. The highest BCUT2D eigenvalue weighted by molar-refractivity contribution is 7.14. The molecule has 6 nitrogen and oxygen atoms in total. The van der Waals surface area contributed by atoms with Gasteiger partial charge in [-0.3, -0.25) is 9.69 Å². The van der Waals surface area contributed by atoms with Crippen molar-refractivity contribution < 1.29 is 14.3 Å². The Labute approximate surface area is 173 Å². The van der Waals surface area contributed by atoms with Crippen LogP contribution in [-0.4, -0.2) is 21.4 Å². The Hall–Kier alpha value is -2.93. The van der Waals surface area contributed by atoms with Crippen molar-refractivity contribution in [2.24, 2.45) is 0 Å². The van der Waals surface area contributed by atoms with Crippen molar-refractivity contribution >= 4 is 34.0 Å². The predicted octanol–water partition coefficient (Wildman–Crippen LogP) is 4.94. The summed E-state index contributed by atoms with van der Waals surface area (Å²) < 4.78 is 7.74. The van der Waals surface area contributed by atoms with E-state index in [1.54, 1.807) is 4.90 Å². The molecule has 0 aliphatic heterocycles. The second-order valence-corrected chi connectivity index (χ2v) is 8.11. The SMILES string of the molecule is CC(=O)N(c1ccccc1)c1nc(COC(=O)c2cc(C)n(C3CC3)c2C)cs1. The smallest absolute Gasteiger partial charge is 0.340 e. The minimum atomic E-state index is -0.342. The summed E-state index contributed by atoms with van der Waals surface area (Å²) in [6.45, 7) is 5.56. The summed E-state index contributed by atoms with van der Waals surface area (Å²) in [5, 5.41) is 2.37. The summed E-state index contributed by atoms with van der Waals surface area (Å²) in [7, 11) is 0. The van der Waals surface area contributed by atoms with Gasteiger partial charge in [0.2, 0.25) is 5.91 Å². The first-order chi connectivity index (χ1) is 14.0. The number of anilines is 2. The van der Waals surface area contributed by atoms with E-state index < -0.39 is 0 Å². The molecule has 0 N–H and O–H groups in total. The maximum absolute atomic E-state index is 12.6. The molecule has 1 aliphatic rings. The second-order valence-electron chi connectivity index (χ2n) is 7.27. The maximum atomic E-state index is 12.6. The van der Waals surface area contributed by atoms with Crippen LogP contribution < -0.4 is 4.90 Å². The summed E-state index contributed by atoms with van der Waals surface area (Å²) in [6, 6.07) is 11.8. The molecular weight excluding hydrogens is 386 g/mol. The number of hydrogen-bond donors (Lipinski definition) is 0. The topological polar surface area (TPSA) is 64.4 Å². The molecule has 2 aromatic heterocycles. The summed E-state index contributed by atoms with van der Waals surface area (Å²) in [6.07, 6.45) is 2.33. The van der Waals surface area contributed by atoms with Crippen molar-refractivity contribution in [3.63, 3.8) is 0 Å². The summed E-state index contributed by atoms with van der Waals surface area (Å²) >= 11 is 1.35. The van der Waals surface area contributed by atoms with E-state index in [1.165, 1.54) is 31.1 Å². The molecule has 1 aromatic carbocycles. The number of para-hydroxylation sites is 1. The Kier molecular flexibility index (Phi) is 5.24. The number of aromatic nitrogens is 2. The number of benzene rings is 1. The molecule has 0 saturated heterocycles. The van der Waals surface area contributed by atoms with Crippen molar-refractivity contribution in [3.8, 4) is 0 Å². The van der Waals surface area contributed by atoms with Crippen molar-refractivity contribution in [3.05, 3.63) is 64.4 Å². The van der Waals surface area contributed by atoms with Crippen molar-refractivity contribution in [1.82, 2.24) is 9.55 Å². The number of carbonyl (C=O) groups excluding carboxylic acids is 2. The molecule has 0 atom stereocenters. The normalized spacial score (nSPS) is 13.3. The molecule has 4 rings (SSSR count). The van der Waals surface area contributed by atoms with Gasteiger partial charge < -0.3 is 9.30 Å². The molecule has 0 spiro atoms. The summed E-state index contributed by atoms with van der Waals surface area (Å²) in [4.78, 5) is 30.8. The van der Waals surface area contributed by atoms with E-state index in [1.807, 2.05) is 55.6 Å². The molecule has 1 fully saturated rings. The third-order valence-corrected chi connectivity index (χ3v) is 5.90. The van der Waals surface area contributed by atoms with Crippen molar-refractivity contribution in [2.75, 3.05) is 4.90 Å².